The number of anilines is 1. The van der Waals surface area contributed by atoms with Crippen LogP contribution in [0, 0.1) is 18.7 Å². The highest BCUT2D eigenvalue weighted by molar-refractivity contribution is 5.82. The smallest absolute Gasteiger partial charge is 0.410 e. The third-order valence-electron chi connectivity index (χ3n) is 4.61. The lowest BCUT2D eigenvalue weighted by atomic mass is 9.91. The van der Waals surface area contributed by atoms with Crippen LogP contribution in [0.5, 0.6) is 5.75 Å². The number of pyridine rings is 2. The van der Waals surface area contributed by atoms with Crippen molar-refractivity contribution in [1.82, 2.24) is 15.3 Å². The molecule has 0 bridgehead atoms. The molecule has 10 heteroatoms. The van der Waals surface area contributed by atoms with Gasteiger partial charge < -0.3 is 19.9 Å². The average Bonchev–Trinajstić information content (AvgIpc) is 2.65. The zero-order valence-electron chi connectivity index (χ0n) is 20.7. The molecule has 1 unspecified atom stereocenters. The maximum absolute atomic E-state index is 14.3. The predicted molar refractivity (Wildman–Crippen MR) is 127 cm³/mol. The van der Waals surface area contributed by atoms with Crippen molar-refractivity contribution in [2.24, 2.45) is 5.92 Å². The van der Waals surface area contributed by atoms with E-state index in [9.17, 15) is 14.0 Å². The molecular weight excluding hydrogens is 443 g/mol. The molecule has 0 fully saturated rings. The predicted octanol–water partition coefficient (Wildman–Crippen LogP) is 5.39. The third kappa shape index (κ3) is 8.17. The zero-order chi connectivity index (χ0) is 25.7. The van der Waals surface area contributed by atoms with Crippen LogP contribution in [0.1, 0.15) is 53.7 Å². The first kappa shape index (κ1) is 26.8. The maximum Gasteiger partial charge on any atom is 0.410 e. The van der Waals surface area contributed by atoms with Gasteiger partial charge in [0.05, 0.1) is 23.1 Å². The molecule has 2 amide bonds. The van der Waals surface area contributed by atoms with Gasteiger partial charge in [-0.05, 0) is 65.2 Å². The van der Waals surface area contributed by atoms with E-state index in [1.165, 1.54) is 6.07 Å². The number of aromatic nitrogens is 2. The fraction of sp³-hybridized carbons (Fsp3) is 0.500. The summed E-state index contributed by atoms with van der Waals surface area (Å²) >= 11 is 0. The Kier molecular flexibility index (Phi) is 8.41. The number of nitrogens with zero attached hydrogens (tertiary/aromatic N) is 2. The monoisotopic (exact) mass is 476 g/mol. The van der Waals surface area contributed by atoms with E-state index < -0.39 is 29.1 Å². The van der Waals surface area contributed by atoms with Crippen molar-refractivity contribution >= 4 is 18.0 Å². The summed E-state index contributed by atoms with van der Waals surface area (Å²) in [4.78, 5) is 31.3. The SMILES string of the molecule is Cc1nc(-c2cc(NC(=O)O)ncc2F)ccc1OCC(C)(CC(C)C)NC(=O)OC(C)(C)C. The lowest BCUT2D eigenvalue weighted by Crippen LogP contribution is -2.52. The maximum atomic E-state index is 14.3. The van der Waals surface area contributed by atoms with Crippen LogP contribution in [-0.2, 0) is 4.74 Å². The minimum absolute atomic E-state index is 0.0126. The first-order chi connectivity index (χ1) is 15.7. The molecule has 9 nitrogen and oxygen atoms in total. The molecule has 2 heterocycles. The van der Waals surface area contributed by atoms with Crippen LogP contribution in [0.4, 0.5) is 19.8 Å². The van der Waals surface area contributed by atoms with Crippen molar-refractivity contribution < 1.29 is 28.6 Å². The summed E-state index contributed by atoms with van der Waals surface area (Å²) in [5, 5.41) is 13.9. The number of aryl methyl sites for hydroxylation is 1. The summed E-state index contributed by atoms with van der Waals surface area (Å²) in [5.41, 5.74) is -0.413. The van der Waals surface area contributed by atoms with Gasteiger partial charge in [0.2, 0.25) is 0 Å². The normalized spacial score (nSPS) is 13.2. The van der Waals surface area contributed by atoms with E-state index in [1.54, 1.807) is 39.8 Å². The molecule has 0 spiro atoms. The molecular formula is C24H33FN4O5. The van der Waals surface area contributed by atoms with Crippen LogP contribution >= 0.6 is 0 Å². The standard InChI is InChI=1S/C24H33FN4O5/c1-14(2)11-24(7,29-22(32)34-23(4,5)6)13-33-19-9-8-18(27-15(19)3)16-10-20(28-21(30)31)26-12-17(16)25/h8-10,12,14H,11,13H2,1-7H3,(H,26,28)(H,29,32)(H,30,31). The Bertz CT molecular complexity index is 1040. The zero-order valence-corrected chi connectivity index (χ0v) is 20.7. The third-order valence-corrected chi connectivity index (χ3v) is 4.61. The van der Waals surface area contributed by atoms with Gasteiger partial charge >= 0.3 is 12.2 Å². The van der Waals surface area contributed by atoms with Gasteiger partial charge in [0.1, 0.15) is 23.8 Å². The number of alkyl carbamates (subject to hydrolysis) is 1. The number of ether oxygens (including phenoxy) is 2. The molecule has 2 rings (SSSR count). The first-order valence-corrected chi connectivity index (χ1v) is 10.9. The van der Waals surface area contributed by atoms with E-state index in [2.05, 4.69) is 20.6 Å². The Morgan fingerprint density at radius 1 is 1.21 bits per heavy atom. The fourth-order valence-corrected chi connectivity index (χ4v) is 3.50. The molecule has 1 atom stereocenters. The van der Waals surface area contributed by atoms with Gasteiger partial charge in [-0.15, -0.1) is 0 Å². The highest BCUT2D eigenvalue weighted by Crippen LogP contribution is 2.28. The summed E-state index contributed by atoms with van der Waals surface area (Å²) in [6.07, 6.45) is -0.245. The Balaban J connectivity index is 2.20. The minimum atomic E-state index is -1.30. The summed E-state index contributed by atoms with van der Waals surface area (Å²) in [7, 11) is 0. The van der Waals surface area contributed by atoms with Crippen molar-refractivity contribution in [3.63, 3.8) is 0 Å². The van der Waals surface area contributed by atoms with Crippen LogP contribution in [0.3, 0.4) is 0 Å². The van der Waals surface area contributed by atoms with Crippen molar-refractivity contribution in [3.05, 3.63) is 35.9 Å². The summed E-state index contributed by atoms with van der Waals surface area (Å²) in [6.45, 7) is 13.3. The average molecular weight is 477 g/mol. The molecule has 34 heavy (non-hydrogen) atoms. The molecule has 2 aromatic heterocycles. The highest BCUT2D eigenvalue weighted by Gasteiger charge is 2.31. The van der Waals surface area contributed by atoms with E-state index in [0.717, 1.165) is 6.20 Å². The highest BCUT2D eigenvalue weighted by atomic mass is 19.1. The summed E-state index contributed by atoms with van der Waals surface area (Å²) in [6, 6.07) is 4.51. The van der Waals surface area contributed by atoms with E-state index in [0.29, 0.717) is 23.6 Å². The van der Waals surface area contributed by atoms with E-state index >= 15 is 0 Å². The van der Waals surface area contributed by atoms with Gasteiger partial charge in [-0.3, -0.25) is 5.32 Å². The molecule has 186 valence electrons. The van der Waals surface area contributed by atoms with Gasteiger partial charge in [0.15, 0.2) is 5.82 Å². The Morgan fingerprint density at radius 2 is 1.88 bits per heavy atom. The second kappa shape index (κ2) is 10.7. The summed E-state index contributed by atoms with van der Waals surface area (Å²) in [5.74, 6) is 0.111. The first-order valence-electron chi connectivity index (χ1n) is 10.9. The molecule has 0 saturated heterocycles. The van der Waals surface area contributed by atoms with Crippen LogP contribution in [0.25, 0.3) is 11.3 Å². The van der Waals surface area contributed by atoms with Gasteiger partial charge in [0.25, 0.3) is 0 Å². The second-order valence-corrected chi connectivity index (χ2v) is 9.83. The molecule has 0 saturated carbocycles. The molecule has 2 aromatic rings. The largest absolute Gasteiger partial charge is 0.489 e. The topological polar surface area (TPSA) is 123 Å². The van der Waals surface area contributed by atoms with Crippen LogP contribution < -0.4 is 15.4 Å². The minimum Gasteiger partial charge on any atom is -0.489 e. The van der Waals surface area contributed by atoms with E-state index in [-0.39, 0.29) is 23.9 Å². The Hall–Kier alpha value is -3.43. The number of hydrogen-bond acceptors (Lipinski definition) is 6. The molecule has 0 aliphatic carbocycles. The van der Waals surface area contributed by atoms with Crippen molar-refractivity contribution in [3.8, 4) is 17.0 Å². The van der Waals surface area contributed by atoms with Crippen molar-refractivity contribution in [2.45, 2.75) is 66.0 Å². The van der Waals surface area contributed by atoms with E-state index in [1.807, 2.05) is 20.8 Å². The molecule has 3 N–H and O–H groups in total. The Labute approximate surface area is 199 Å². The number of nitrogens with one attached hydrogen (secondary N) is 2. The lowest BCUT2D eigenvalue weighted by molar-refractivity contribution is 0.0407. The van der Waals surface area contributed by atoms with Crippen LogP contribution in [0.15, 0.2) is 24.4 Å². The molecule has 0 radical (unpaired) electrons. The number of hydrogen-bond donors (Lipinski definition) is 3. The van der Waals surface area contributed by atoms with Gasteiger partial charge in [0, 0.05) is 5.56 Å². The quantitative estimate of drug-likeness (QED) is 0.467. The lowest BCUT2D eigenvalue weighted by Gasteiger charge is -2.33. The number of carboxylic acid groups (broad SMARTS) is 1. The van der Waals surface area contributed by atoms with Gasteiger partial charge in [-0.1, -0.05) is 13.8 Å². The summed E-state index contributed by atoms with van der Waals surface area (Å²) < 4.78 is 25.7. The number of carbonyl (C=O) groups is 2. The number of amides is 2. The fourth-order valence-electron chi connectivity index (χ4n) is 3.50. The molecule has 0 aliphatic heterocycles. The van der Waals surface area contributed by atoms with Gasteiger partial charge in [-0.2, -0.15) is 0 Å². The van der Waals surface area contributed by atoms with Crippen molar-refractivity contribution in [1.29, 1.82) is 0 Å². The number of halogens is 1. The molecule has 0 aromatic carbocycles. The van der Waals surface area contributed by atoms with Crippen LogP contribution in [0.2, 0.25) is 0 Å². The van der Waals surface area contributed by atoms with Crippen LogP contribution in [-0.4, -0.2) is 45.0 Å². The Morgan fingerprint density at radius 3 is 2.44 bits per heavy atom. The number of carbonyl (C=O) groups excluding carboxylic acids is 1. The van der Waals surface area contributed by atoms with Gasteiger partial charge in [-0.25, -0.2) is 23.9 Å². The van der Waals surface area contributed by atoms with E-state index in [4.69, 9.17) is 14.6 Å². The van der Waals surface area contributed by atoms with Crippen molar-refractivity contribution in [2.75, 3.05) is 11.9 Å². The number of rotatable bonds is 8. The molecule has 0 aliphatic rings. The second-order valence-electron chi connectivity index (χ2n) is 9.83.